The van der Waals surface area contributed by atoms with Crippen LogP contribution in [0.1, 0.15) is 31.1 Å². The highest BCUT2D eigenvalue weighted by molar-refractivity contribution is 5.89. The van der Waals surface area contributed by atoms with Crippen LogP contribution in [0.2, 0.25) is 0 Å². The first kappa shape index (κ1) is 14.7. The molecule has 3 rings (SSSR count). The molecule has 0 unspecified atom stereocenters. The molecule has 1 aromatic carbocycles. The van der Waals surface area contributed by atoms with Gasteiger partial charge in [-0.1, -0.05) is 18.2 Å². The van der Waals surface area contributed by atoms with Crippen molar-refractivity contribution in [3.05, 3.63) is 54.5 Å². The lowest BCUT2D eigenvalue weighted by Gasteiger charge is -2.26. The van der Waals surface area contributed by atoms with E-state index in [0.29, 0.717) is 18.7 Å². The van der Waals surface area contributed by atoms with Crippen molar-refractivity contribution in [1.29, 1.82) is 0 Å². The average Bonchev–Trinajstić information content (AvgIpc) is 3.19. The molecular formula is C17H20N2O3. The fraction of sp³-hybridized carbons (Fsp3) is 0.353. The number of anilines is 1. The van der Waals surface area contributed by atoms with Crippen molar-refractivity contribution in [2.45, 2.75) is 31.4 Å². The smallest absolute Gasteiger partial charge is 0.322 e. The van der Waals surface area contributed by atoms with Gasteiger partial charge in [0.1, 0.15) is 11.9 Å². The lowest BCUT2D eigenvalue weighted by Crippen LogP contribution is -2.39. The SMILES string of the molecule is O=C(Nc1ccccc1)N1CCC[C@@H]1C[C@@H](O)c1ccco1. The van der Waals surface area contributed by atoms with E-state index in [-0.39, 0.29) is 12.1 Å². The Kier molecular flexibility index (Phi) is 4.44. The van der Waals surface area contributed by atoms with Crippen molar-refractivity contribution in [2.24, 2.45) is 0 Å². The molecule has 2 N–H and O–H groups in total. The van der Waals surface area contributed by atoms with Gasteiger partial charge in [-0.25, -0.2) is 4.79 Å². The Morgan fingerprint density at radius 3 is 2.86 bits per heavy atom. The quantitative estimate of drug-likeness (QED) is 0.909. The summed E-state index contributed by atoms with van der Waals surface area (Å²) in [4.78, 5) is 14.2. The number of nitrogens with one attached hydrogen (secondary N) is 1. The maximum atomic E-state index is 12.4. The predicted octanol–water partition coefficient (Wildman–Crippen LogP) is 3.40. The maximum absolute atomic E-state index is 12.4. The van der Waals surface area contributed by atoms with Gasteiger partial charge in [-0.3, -0.25) is 0 Å². The summed E-state index contributed by atoms with van der Waals surface area (Å²) in [6.45, 7) is 0.716. The van der Waals surface area contributed by atoms with Gasteiger partial charge in [0.25, 0.3) is 0 Å². The van der Waals surface area contributed by atoms with E-state index >= 15 is 0 Å². The molecule has 0 radical (unpaired) electrons. The minimum atomic E-state index is -0.676. The molecule has 0 saturated carbocycles. The van der Waals surface area contributed by atoms with Gasteiger partial charge in [0.15, 0.2) is 0 Å². The Hall–Kier alpha value is -2.27. The van der Waals surface area contributed by atoms with Gasteiger partial charge in [-0.2, -0.15) is 0 Å². The van der Waals surface area contributed by atoms with Crippen molar-refractivity contribution >= 4 is 11.7 Å². The molecule has 1 aliphatic heterocycles. The van der Waals surface area contributed by atoms with Crippen molar-refractivity contribution < 1.29 is 14.3 Å². The number of amides is 2. The van der Waals surface area contributed by atoms with Gasteiger partial charge in [0, 0.05) is 24.7 Å². The zero-order valence-corrected chi connectivity index (χ0v) is 12.3. The second-order valence-corrected chi connectivity index (χ2v) is 5.55. The molecule has 22 heavy (non-hydrogen) atoms. The molecule has 1 saturated heterocycles. The summed E-state index contributed by atoms with van der Waals surface area (Å²) in [7, 11) is 0. The van der Waals surface area contributed by atoms with Crippen LogP contribution >= 0.6 is 0 Å². The van der Waals surface area contributed by atoms with Crippen LogP contribution in [0, 0.1) is 0 Å². The minimum Gasteiger partial charge on any atom is -0.467 e. The summed E-state index contributed by atoms with van der Waals surface area (Å²) in [5, 5.41) is 13.1. The van der Waals surface area contributed by atoms with Gasteiger partial charge < -0.3 is 19.7 Å². The lowest BCUT2D eigenvalue weighted by molar-refractivity contribution is 0.110. The van der Waals surface area contributed by atoms with E-state index in [0.717, 1.165) is 18.5 Å². The predicted molar refractivity (Wildman–Crippen MR) is 83.5 cm³/mol. The third-order valence-electron chi connectivity index (χ3n) is 4.03. The molecule has 2 heterocycles. The number of aliphatic hydroxyl groups is 1. The number of urea groups is 1. The van der Waals surface area contributed by atoms with E-state index in [1.165, 1.54) is 0 Å². The van der Waals surface area contributed by atoms with Crippen LogP contribution in [0.5, 0.6) is 0 Å². The van der Waals surface area contributed by atoms with Crippen LogP contribution in [0.3, 0.4) is 0 Å². The summed E-state index contributed by atoms with van der Waals surface area (Å²) in [6, 6.07) is 12.8. The number of carbonyl (C=O) groups excluding carboxylic acids is 1. The molecule has 0 aliphatic carbocycles. The van der Waals surface area contributed by atoms with Crippen LogP contribution in [-0.2, 0) is 0 Å². The molecule has 1 aromatic heterocycles. The topological polar surface area (TPSA) is 65.7 Å². The van der Waals surface area contributed by atoms with Gasteiger partial charge in [-0.15, -0.1) is 0 Å². The number of aliphatic hydroxyl groups excluding tert-OH is 1. The summed E-state index contributed by atoms with van der Waals surface area (Å²) in [5.74, 6) is 0.551. The Bertz CT molecular complexity index is 598. The number of furan rings is 1. The number of benzene rings is 1. The largest absolute Gasteiger partial charge is 0.467 e. The third-order valence-corrected chi connectivity index (χ3v) is 4.03. The fourth-order valence-electron chi connectivity index (χ4n) is 2.92. The van der Waals surface area contributed by atoms with Crippen LogP contribution in [0.15, 0.2) is 53.1 Å². The van der Waals surface area contributed by atoms with Crippen molar-refractivity contribution in [3.63, 3.8) is 0 Å². The highest BCUT2D eigenvalue weighted by Crippen LogP contribution is 2.28. The molecule has 1 aliphatic rings. The van der Waals surface area contributed by atoms with Crippen molar-refractivity contribution in [2.75, 3.05) is 11.9 Å². The Morgan fingerprint density at radius 1 is 1.32 bits per heavy atom. The molecular weight excluding hydrogens is 280 g/mol. The second kappa shape index (κ2) is 6.66. The van der Waals surface area contributed by atoms with E-state index in [1.54, 1.807) is 23.3 Å². The molecule has 0 bridgehead atoms. The Balaban J connectivity index is 1.61. The number of para-hydroxylation sites is 1. The molecule has 2 amide bonds. The van der Waals surface area contributed by atoms with E-state index in [9.17, 15) is 9.90 Å². The van der Waals surface area contributed by atoms with Crippen LogP contribution < -0.4 is 5.32 Å². The molecule has 116 valence electrons. The number of rotatable bonds is 4. The molecule has 2 atom stereocenters. The first-order chi connectivity index (χ1) is 10.7. The first-order valence-corrected chi connectivity index (χ1v) is 7.58. The minimum absolute atomic E-state index is 0.0313. The summed E-state index contributed by atoms with van der Waals surface area (Å²) < 4.78 is 5.23. The molecule has 1 fully saturated rings. The third kappa shape index (κ3) is 3.31. The van der Waals surface area contributed by atoms with Crippen molar-refractivity contribution in [1.82, 2.24) is 4.90 Å². The summed E-state index contributed by atoms with van der Waals surface area (Å²) in [6.07, 6.45) is 3.23. The number of likely N-dealkylation sites (tertiary alicyclic amines) is 1. The monoisotopic (exact) mass is 300 g/mol. The molecule has 5 nitrogen and oxygen atoms in total. The number of nitrogens with zero attached hydrogens (tertiary/aromatic N) is 1. The van der Waals surface area contributed by atoms with Gasteiger partial charge in [0.05, 0.1) is 6.26 Å². The summed E-state index contributed by atoms with van der Waals surface area (Å²) in [5.41, 5.74) is 0.782. The van der Waals surface area contributed by atoms with E-state index < -0.39 is 6.10 Å². The normalized spacial score (nSPS) is 19.1. The number of hydrogen-bond donors (Lipinski definition) is 2. The van der Waals surface area contributed by atoms with Crippen LogP contribution in [0.4, 0.5) is 10.5 Å². The molecule has 5 heteroatoms. The highest BCUT2D eigenvalue weighted by Gasteiger charge is 2.31. The zero-order valence-electron chi connectivity index (χ0n) is 12.3. The second-order valence-electron chi connectivity index (χ2n) is 5.55. The fourth-order valence-corrected chi connectivity index (χ4v) is 2.92. The standard InChI is InChI=1S/C17H20N2O3/c20-15(16-9-5-11-22-16)12-14-8-4-10-19(14)17(21)18-13-6-2-1-3-7-13/h1-3,5-7,9,11,14-15,20H,4,8,10,12H2,(H,18,21)/t14-,15-/m1/s1. The molecule has 2 aromatic rings. The summed E-state index contributed by atoms with van der Waals surface area (Å²) >= 11 is 0. The Labute approximate surface area is 129 Å². The van der Waals surface area contributed by atoms with Gasteiger partial charge >= 0.3 is 6.03 Å². The average molecular weight is 300 g/mol. The van der Waals surface area contributed by atoms with E-state index in [2.05, 4.69) is 5.32 Å². The Morgan fingerprint density at radius 2 is 2.14 bits per heavy atom. The number of hydrogen-bond acceptors (Lipinski definition) is 3. The lowest BCUT2D eigenvalue weighted by atomic mass is 10.1. The van der Waals surface area contributed by atoms with E-state index in [1.807, 2.05) is 30.3 Å². The van der Waals surface area contributed by atoms with Gasteiger partial charge in [-0.05, 0) is 37.1 Å². The van der Waals surface area contributed by atoms with Crippen LogP contribution in [0.25, 0.3) is 0 Å². The molecule has 0 spiro atoms. The van der Waals surface area contributed by atoms with Crippen molar-refractivity contribution in [3.8, 4) is 0 Å². The van der Waals surface area contributed by atoms with Crippen LogP contribution in [-0.4, -0.2) is 28.6 Å². The van der Waals surface area contributed by atoms with Gasteiger partial charge in [0.2, 0.25) is 0 Å². The maximum Gasteiger partial charge on any atom is 0.322 e. The van der Waals surface area contributed by atoms with E-state index in [4.69, 9.17) is 4.42 Å². The highest BCUT2D eigenvalue weighted by atomic mass is 16.4. The zero-order chi connectivity index (χ0) is 15.4. The number of carbonyl (C=O) groups is 1. The first-order valence-electron chi connectivity index (χ1n) is 7.58.